The van der Waals surface area contributed by atoms with Gasteiger partial charge in [-0.15, -0.1) is 0 Å². The van der Waals surface area contributed by atoms with E-state index in [1.807, 2.05) is 13.8 Å². The molecule has 0 spiro atoms. The number of hydrogen-bond acceptors (Lipinski definition) is 4. The van der Waals surface area contributed by atoms with Gasteiger partial charge in [0.25, 0.3) is 0 Å². The molecule has 2 rings (SSSR count). The summed E-state index contributed by atoms with van der Waals surface area (Å²) in [6.45, 7) is 5.18. The molecule has 4 nitrogen and oxygen atoms in total. The van der Waals surface area contributed by atoms with E-state index in [2.05, 4.69) is 10.6 Å². The fraction of sp³-hybridized carbons (Fsp3) is 0.333. The quantitative estimate of drug-likeness (QED) is 0.447. The second-order valence-electron chi connectivity index (χ2n) is 5.72. The van der Waals surface area contributed by atoms with E-state index in [-0.39, 0.29) is 23.6 Å². The second-order valence-corrected chi connectivity index (χ2v) is 7.35. The van der Waals surface area contributed by atoms with Crippen LogP contribution in [0.2, 0.25) is 20.1 Å². The van der Waals surface area contributed by atoms with Crippen molar-refractivity contribution in [3.05, 3.63) is 55.5 Å². The first-order chi connectivity index (χ1) is 12.3. The van der Waals surface area contributed by atoms with Gasteiger partial charge in [-0.1, -0.05) is 60.3 Å². The number of nitrogens with one attached hydrogen (secondary N) is 2. The highest BCUT2D eigenvalue weighted by molar-refractivity contribution is 6.37. The highest BCUT2D eigenvalue weighted by atomic mass is 35.5. The van der Waals surface area contributed by atoms with Crippen molar-refractivity contribution in [2.45, 2.75) is 25.9 Å². The standard InChI is InChI=1S/C18H20Cl4N2O2/c1-3-23-17(15-11(19)5-9(25)6-12(15)20)18(24-4-2)16-13(21)7-10(26)8-14(16)22/h5-8,17-18,23-26H,3-4H2,1-2H3. The summed E-state index contributed by atoms with van der Waals surface area (Å²) in [5, 5.41) is 27.5. The molecular formula is C18H20Cl4N2O2. The first kappa shape index (κ1) is 21.4. The van der Waals surface area contributed by atoms with E-state index in [1.54, 1.807) is 0 Å². The topological polar surface area (TPSA) is 64.5 Å². The lowest BCUT2D eigenvalue weighted by Crippen LogP contribution is -2.36. The molecule has 0 radical (unpaired) electrons. The normalized spacial score (nSPS) is 13.6. The molecule has 2 aromatic carbocycles. The van der Waals surface area contributed by atoms with Gasteiger partial charge in [0.05, 0.1) is 32.2 Å². The third kappa shape index (κ3) is 4.69. The molecule has 142 valence electrons. The third-order valence-electron chi connectivity index (χ3n) is 3.93. The van der Waals surface area contributed by atoms with Gasteiger partial charge in [0.15, 0.2) is 0 Å². The average Bonchev–Trinajstić information content (AvgIpc) is 2.51. The Labute approximate surface area is 173 Å². The summed E-state index contributed by atoms with van der Waals surface area (Å²) >= 11 is 25.5. The van der Waals surface area contributed by atoms with Crippen LogP contribution in [-0.4, -0.2) is 23.3 Å². The fourth-order valence-corrected chi connectivity index (χ4v) is 4.37. The number of rotatable bonds is 7. The van der Waals surface area contributed by atoms with Crippen LogP contribution < -0.4 is 10.6 Å². The number of likely N-dealkylation sites (N-methyl/N-ethyl adjacent to an activating group) is 2. The van der Waals surface area contributed by atoms with Crippen LogP contribution >= 0.6 is 46.4 Å². The summed E-state index contributed by atoms with van der Waals surface area (Å²) < 4.78 is 0. The van der Waals surface area contributed by atoms with Gasteiger partial charge in [0.2, 0.25) is 0 Å². The van der Waals surface area contributed by atoms with Crippen molar-refractivity contribution in [3.8, 4) is 11.5 Å². The van der Waals surface area contributed by atoms with Crippen molar-refractivity contribution >= 4 is 46.4 Å². The van der Waals surface area contributed by atoms with Crippen LogP contribution in [0.5, 0.6) is 11.5 Å². The van der Waals surface area contributed by atoms with Gasteiger partial charge in [0, 0.05) is 11.1 Å². The van der Waals surface area contributed by atoms with Crippen LogP contribution in [0.4, 0.5) is 0 Å². The molecular weight excluding hydrogens is 418 g/mol. The zero-order valence-corrected chi connectivity index (χ0v) is 17.3. The Kier molecular flexibility index (Phi) is 7.71. The lowest BCUT2D eigenvalue weighted by atomic mass is 9.92. The maximum Gasteiger partial charge on any atom is 0.118 e. The molecule has 8 heteroatoms. The summed E-state index contributed by atoms with van der Waals surface area (Å²) in [5.74, 6) is -0.0283. The van der Waals surface area contributed by atoms with E-state index in [0.717, 1.165) is 0 Å². The Morgan fingerprint density at radius 3 is 1.19 bits per heavy atom. The highest BCUT2D eigenvalue weighted by Crippen LogP contribution is 2.43. The van der Waals surface area contributed by atoms with Gasteiger partial charge in [-0.2, -0.15) is 0 Å². The predicted molar refractivity (Wildman–Crippen MR) is 109 cm³/mol. The summed E-state index contributed by atoms with van der Waals surface area (Å²) in [5.41, 5.74) is 1.25. The van der Waals surface area contributed by atoms with Gasteiger partial charge in [-0.25, -0.2) is 0 Å². The molecule has 0 saturated heterocycles. The minimum Gasteiger partial charge on any atom is -0.508 e. The number of phenolic OH excluding ortho intramolecular Hbond substituents is 2. The first-order valence-corrected chi connectivity index (χ1v) is 9.63. The van der Waals surface area contributed by atoms with E-state index in [0.29, 0.717) is 44.3 Å². The molecule has 2 aromatic rings. The number of hydrogen-bond donors (Lipinski definition) is 4. The maximum atomic E-state index is 9.73. The van der Waals surface area contributed by atoms with Crippen LogP contribution in [0, 0.1) is 0 Å². The lowest BCUT2D eigenvalue weighted by Gasteiger charge is -2.32. The molecule has 0 aromatic heterocycles. The van der Waals surface area contributed by atoms with Crippen molar-refractivity contribution in [1.82, 2.24) is 10.6 Å². The number of aromatic hydroxyl groups is 2. The number of phenols is 2. The third-order valence-corrected chi connectivity index (χ3v) is 5.18. The molecule has 0 amide bonds. The second kappa shape index (κ2) is 9.36. The van der Waals surface area contributed by atoms with Gasteiger partial charge in [-0.05, 0) is 37.4 Å². The SMILES string of the molecule is CCNC(c1c(Cl)cc(O)cc1Cl)C(NCC)c1c(Cl)cc(O)cc1Cl. The van der Waals surface area contributed by atoms with Crippen molar-refractivity contribution in [2.24, 2.45) is 0 Å². The van der Waals surface area contributed by atoms with Crippen LogP contribution in [0.15, 0.2) is 24.3 Å². The smallest absolute Gasteiger partial charge is 0.118 e. The van der Waals surface area contributed by atoms with Gasteiger partial charge in [-0.3, -0.25) is 0 Å². The fourth-order valence-electron chi connectivity index (χ4n) is 2.95. The molecule has 0 aliphatic heterocycles. The first-order valence-electron chi connectivity index (χ1n) is 8.12. The maximum absolute atomic E-state index is 9.73. The Morgan fingerprint density at radius 1 is 0.692 bits per heavy atom. The molecule has 0 saturated carbocycles. The van der Waals surface area contributed by atoms with Gasteiger partial charge < -0.3 is 20.8 Å². The minimum absolute atomic E-state index is 0.0142. The van der Waals surface area contributed by atoms with E-state index < -0.39 is 0 Å². The summed E-state index contributed by atoms with van der Waals surface area (Å²) in [4.78, 5) is 0. The van der Waals surface area contributed by atoms with Crippen LogP contribution in [0.1, 0.15) is 37.1 Å². The van der Waals surface area contributed by atoms with E-state index in [1.165, 1.54) is 24.3 Å². The summed E-state index contributed by atoms with van der Waals surface area (Å²) in [6.07, 6.45) is 0. The van der Waals surface area contributed by atoms with Gasteiger partial charge in [0.1, 0.15) is 11.5 Å². The van der Waals surface area contributed by atoms with Crippen LogP contribution in [0.25, 0.3) is 0 Å². The molecule has 2 atom stereocenters. The zero-order chi connectivity index (χ0) is 19.4. The monoisotopic (exact) mass is 436 g/mol. The molecule has 0 heterocycles. The summed E-state index contributed by atoms with van der Waals surface area (Å²) in [6, 6.07) is 5.01. The van der Waals surface area contributed by atoms with Crippen LogP contribution in [-0.2, 0) is 0 Å². The molecule has 0 fully saturated rings. The summed E-state index contributed by atoms with van der Waals surface area (Å²) in [7, 11) is 0. The van der Waals surface area contributed by atoms with Crippen molar-refractivity contribution in [1.29, 1.82) is 0 Å². The molecule has 4 N–H and O–H groups in total. The Bertz CT molecular complexity index is 674. The number of halogens is 4. The molecule has 0 aliphatic carbocycles. The molecule has 26 heavy (non-hydrogen) atoms. The van der Waals surface area contributed by atoms with Crippen LogP contribution in [0.3, 0.4) is 0 Å². The predicted octanol–water partition coefficient (Wildman–Crippen LogP) is 5.71. The molecule has 0 bridgehead atoms. The molecule has 2 unspecified atom stereocenters. The van der Waals surface area contributed by atoms with Crippen molar-refractivity contribution in [3.63, 3.8) is 0 Å². The van der Waals surface area contributed by atoms with E-state index in [9.17, 15) is 10.2 Å². The molecule has 0 aliphatic rings. The van der Waals surface area contributed by atoms with E-state index >= 15 is 0 Å². The van der Waals surface area contributed by atoms with Crippen molar-refractivity contribution in [2.75, 3.05) is 13.1 Å². The average molecular weight is 438 g/mol. The van der Waals surface area contributed by atoms with E-state index in [4.69, 9.17) is 46.4 Å². The largest absolute Gasteiger partial charge is 0.508 e. The Balaban J connectivity index is 2.65. The Hall–Kier alpha value is -0.880. The number of benzene rings is 2. The minimum atomic E-state index is -0.375. The lowest BCUT2D eigenvalue weighted by molar-refractivity contribution is 0.397. The van der Waals surface area contributed by atoms with Crippen molar-refractivity contribution < 1.29 is 10.2 Å². The van der Waals surface area contributed by atoms with Gasteiger partial charge >= 0.3 is 0 Å². The Morgan fingerprint density at radius 2 is 0.962 bits per heavy atom. The highest BCUT2D eigenvalue weighted by Gasteiger charge is 2.31. The zero-order valence-electron chi connectivity index (χ0n) is 14.3.